The number of hydrogen-bond acceptors (Lipinski definition) is 6. The highest BCUT2D eigenvalue weighted by Gasteiger charge is 2.31. The van der Waals surface area contributed by atoms with Gasteiger partial charge in [-0.3, -0.25) is 18.7 Å². The van der Waals surface area contributed by atoms with Crippen LogP contribution in [0.3, 0.4) is 0 Å². The summed E-state index contributed by atoms with van der Waals surface area (Å²) >= 11 is 12.3. The lowest BCUT2D eigenvalue weighted by atomic mass is 9.96. The van der Waals surface area contributed by atoms with E-state index in [0.29, 0.717) is 28.3 Å². The van der Waals surface area contributed by atoms with Crippen molar-refractivity contribution < 1.29 is 27.5 Å². The van der Waals surface area contributed by atoms with Gasteiger partial charge >= 0.3 is 5.97 Å². The Hall–Kier alpha value is -3.92. The van der Waals surface area contributed by atoms with Crippen LogP contribution in [0.25, 0.3) is 10.8 Å². The SMILES string of the molecule is CNC(=O)c1ccc(CCC(=O)c2cccc3c(N(CC(=O)OC(C)(C)C)S(=O)(=O)c4cc(Cl)cc(Cl)c4)cccc23)cc1. The number of amides is 1. The third kappa shape index (κ3) is 7.77. The van der Waals surface area contributed by atoms with E-state index in [1.807, 2.05) is 0 Å². The van der Waals surface area contributed by atoms with Crippen LogP contribution in [0.4, 0.5) is 5.69 Å². The van der Waals surface area contributed by atoms with Crippen LogP contribution in [0.5, 0.6) is 0 Å². The Labute approximate surface area is 267 Å². The number of Topliss-reactive ketones (excluding diaryl/α,β-unsaturated/α-hetero) is 1. The Kier molecular flexibility index (Phi) is 10.0. The Morgan fingerprint density at radius 3 is 2.09 bits per heavy atom. The third-order valence-electron chi connectivity index (χ3n) is 6.67. The number of anilines is 1. The summed E-state index contributed by atoms with van der Waals surface area (Å²) in [6.07, 6.45) is 0.626. The molecule has 44 heavy (non-hydrogen) atoms. The summed E-state index contributed by atoms with van der Waals surface area (Å²) in [6, 6.07) is 20.9. The first-order chi connectivity index (χ1) is 20.7. The molecule has 0 aliphatic heterocycles. The number of benzene rings is 4. The summed E-state index contributed by atoms with van der Waals surface area (Å²) in [5.74, 6) is -1.10. The first-order valence-electron chi connectivity index (χ1n) is 13.8. The summed E-state index contributed by atoms with van der Waals surface area (Å²) in [7, 11) is -2.82. The van der Waals surface area contributed by atoms with Crippen LogP contribution in [-0.2, 0) is 26.0 Å². The number of nitrogens with one attached hydrogen (secondary N) is 1. The molecule has 1 N–H and O–H groups in total. The van der Waals surface area contributed by atoms with Crippen molar-refractivity contribution in [2.24, 2.45) is 0 Å². The van der Waals surface area contributed by atoms with Crippen molar-refractivity contribution in [1.82, 2.24) is 5.32 Å². The fourth-order valence-electron chi connectivity index (χ4n) is 4.71. The monoisotopic (exact) mass is 654 g/mol. The van der Waals surface area contributed by atoms with E-state index < -0.39 is 28.1 Å². The standard InChI is InChI=1S/C33H32Cl2N2O6S/c1-33(2,3)43-31(39)20-37(44(41,42)25-18-23(34)17-24(35)19-25)29-10-6-7-26-27(29)8-5-9-28(26)30(38)16-13-21-11-14-22(15-12-21)32(40)36-4/h5-12,14-15,17-19H,13,16,20H2,1-4H3,(H,36,40). The zero-order valence-electron chi connectivity index (χ0n) is 24.7. The van der Waals surface area contributed by atoms with E-state index in [-0.39, 0.29) is 38.7 Å². The summed E-state index contributed by atoms with van der Waals surface area (Å²) < 4.78 is 34.5. The van der Waals surface area contributed by atoms with Crippen molar-refractivity contribution >= 4 is 67.3 Å². The number of ether oxygens (including phenoxy) is 1. The normalized spacial score (nSPS) is 11.7. The quantitative estimate of drug-likeness (QED) is 0.148. The summed E-state index contributed by atoms with van der Waals surface area (Å²) in [4.78, 5) is 38.1. The fourth-order valence-corrected chi connectivity index (χ4v) is 6.86. The van der Waals surface area contributed by atoms with Gasteiger partial charge in [-0.15, -0.1) is 0 Å². The fraction of sp³-hybridized carbons (Fsp3) is 0.242. The Bertz CT molecular complexity index is 1810. The molecule has 4 rings (SSSR count). The van der Waals surface area contributed by atoms with Crippen molar-refractivity contribution in [3.63, 3.8) is 0 Å². The second-order valence-corrected chi connectivity index (χ2v) is 13.8. The predicted molar refractivity (Wildman–Crippen MR) is 173 cm³/mol. The zero-order valence-corrected chi connectivity index (χ0v) is 27.0. The largest absolute Gasteiger partial charge is 0.459 e. The maximum atomic E-state index is 14.1. The van der Waals surface area contributed by atoms with Gasteiger partial charge in [0, 0.05) is 40.0 Å². The Morgan fingerprint density at radius 2 is 1.48 bits per heavy atom. The number of halogens is 2. The van der Waals surface area contributed by atoms with Crippen LogP contribution in [-0.4, -0.2) is 45.3 Å². The van der Waals surface area contributed by atoms with Gasteiger partial charge in [0.2, 0.25) is 0 Å². The molecule has 1 amide bonds. The van der Waals surface area contributed by atoms with E-state index in [9.17, 15) is 22.8 Å². The molecule has 8 nitrogen and oxygen atoms in total. The molecule has 4 aromatic carbocycles. The lowest BCUT2D eigenvalue weighted by Crippen LogP contribution is -2.39. The molecule has 0 aromatic heterocycles. The summed E-state index contributed by atoms with van der Waals surface area (Å²) in [6.45, 7) is 4.43. The van der Waals surface area contributed by atoms with Gasteiger partial charge in [0.25, 0.3) is 15.9 Å². The number of carbonyl (C=O) groups excluding carboxylic acids is 3. The highest BCUT2D eigenvalue weighted by atomic mass is 35.5. The molecule has 0 atom stereocenters. The van der Waals surface area contributed by atoms with Crippen LogP contribution >= 0.6 is 23.2 Å². The molecule has 0 bridgehead atoms. The van der Waals surface area contributed by atoms with Crippen molar-refractivity contribution in [3.8, 4) is 0 Å². The van der Waals surface area contributed by atoms with Crippen molar-refractivity contribution in [2.45, 2.75) is 44.1 Å². The van der Waals surface area contributed by atoms with E-state index in [0.717, 1.165) is 9.87 Å². The van der Waals surface area contributed by atoms with Crippen molar-refractivity contribution in [2.75, 3.05) is 17.9 Å². The number of fused-ring (bicyclic) bond motifs is 1. The number of hydrogen-bond donors (Lipinski definition) is 1. The van der Waals surface area contributed by atoms with Crippen LogP contribution in [0.2, 0.25) is 10.0 Å². The molecule has 0 radical (unpaired) electrons. The molecule has 0 saturated carbocycles. The average Bonchev–Trinajstić information content (AvgIpc) is 2.96. The second kappa shape index (κ2) is 13.4. The minimum absolute atomic E-state index is 0.113. The van der Waals surface area contributed by atoms with Crippen LogP contribution in [0, 0.1) is 0 Å². The number of esters is 1. The molecular weight excluding hydrogens is 623 g/mol. The molecule has 0 fully saturated rings. The van der Waals surface area contributed by atoms with E-state index in [4.69, 9.17) is 27.9 Å². The molecule has 0 saturated heterocycles. The van der Waals surface area contributed by atoms with E-state index in [2.05, 4.69) is 5.32 Å². The van der Waals surface area contributed by atoms with Gasteiger partial charge in [-0.1, -0.05) is 65.7 Å². The molecule has 0 spiro atoms. The molecule has 0 heterocycles. The topological polar surface area (TPSA) is 110 Å². The second-order valence-electron chi connectivity index (χ2n) is 11.1. The molecule has 4 aromatic rings. The lowest BCUT2D eigenvalue weighted by Gasteiger charge is -2.27. The van der Waals surface area contributed by atoms with Gasteiger partial charge in [-0.25, -0.2) is 8.42 Å². The Morgan fingerprint density at radius 1 is 0.864 bits per heavy atom. The molecular formula is C33H32Cl2N2O6S. The maximum Gasteiger partial charge on any atom is 0.327 e. The van der Waals surface area contributed by atoms with Gasteiger partial charge in [0.05, 0.1) is 10.6 Å². The summed E-state index contributed by atoms with van der Waals surface area (Å²) in [5.41, 5.74) is 1.15. The number of aryl methyl sites for hydroxylation is 1. The van der Waals surface area contributed by atoms with Crippen molar-refractivity contribution in [3.05, 3.63) is 106 Å². The first kappa shape index (κ1) is 33.0. The average molecular weight is 656 g/mol. The van der Waals surface area contributed by atoms with E-state index in [1.54, 1.807) is 88.5 Å². The predicted octanol–water partition coefficient (Wildman–Crippen LogP) is 6.86. The minimum Gasteiger partial charge on any atom is -0.459 e. The maximum absolute atomic E-state index is 14.1. The van der Waals surface area contributed by atoms with Gasteiger partial charge in [0.1, 0.15) is 12.1 Å². The van der Waals surface area contributed by atoms with E-state index >= 15 is 0 Å². The highest BCUT2D eigenvalue weighted by molar-refractivity contribution is 7.93. The number of ketones is 1. The number of nitrogens with zero attached hydrogens (tertiary/aromatic N) is 1. The minimum atomic E-state index is -4.38. The zero-order chi connectivity index (χ0) is 32.2. The van der Waals surface area contributed by atoms with Crippen LogP contribution in [0.15, 0.2) is 83.8 Å². The van der Waals surface area contributed by atoms with E-state index in [1.165, 1.54) is 18.2 Å². The smallest absolute Gasteiger partial charge is 0.327 e. The summed E-state index contributed by atoms with van der Waals surface area (Å²) in [5, 5.41) is 3.78. The third-order valence-corrected chi connectivity index (χ3v) is 8.84. The lowest BCUT2D eigenvalue weighted by molar-refractivity contribution is -0.152. The van der Waals surface area contributed by atoms with Crippen molar-refractivity contribution in [1.29, 1.82) is 0 Å². The molecule has 0 unspecified atom stereocenters. The Balaban J connectivity index is 1.73. The van der Waals surface area contributed by atoms with Gasteiger partial charge in [-0.05, 0) is 74.5 Å². The number of rotatable bonds is 10. The highest BCUT2D eigenvalue weighted by Crippen LogP contribution is 2.34. The molecule has 11 heteroatoms. The van der Waals surface area contributed by atoms with Crippen LogP contribution < -0.4 is 9.62 Å². The first-order valence-corrected chi connectivity index (χ1v) is 16.0. The molecule has 0 aliphatic carbocycles. The number of sulfonamides is 1. The van der Waals surface area contributed by atoms with Gasteiger partial charge in [-0.2, -0.15) is 0 Å². The molecule has 0 aliphatic rings. The number of carbonyl (C=O) groups is 3. The van der Waals surface area contributed by atoms with Gasteiger partial charge in [0.15, 0.2) is 5.78 Å². The molecule has 230 valence electrons. The van der Waals surface area contributed by atoms with Gasteiger partial charge < -0.3 is 10.1 Å². The van der Waals surface area contributed by atoms with Crippen LogP contribution in [0.1, 0.15) is 53.5 Å².